The van der Waals surface area contributed by atoms with Crippen LogP contribution in [0.3, 0.4) is 0 Å². The van der Waals surface area contributed by atoms with Gasteiger partial charge in [0.2, 0.25) is 0 Å². The second-order valence-corrected chi connectivity index (χ2v) is 6.75. The molecule has 3 aromatic rings. The second kappa shape index (κ2) is 9.69. The van der Waals surface area contributed by atoms with Crippen LogP contribution in [0.2, 0.25) is 0 Å². The number of carbonyl (C=O) groups excluding carboxylic acids is 2. The van der Waals surface area contributed by atoms with Crippen molar-refractivity contribution in [1.29, 1.82) is 0 Å². The van der Waals surface area contributed by atoms with E-state index in [1.165, 1.54) is 19.2 Å². The summed E-state index contributed by atoms with van der Waals surface area (Å²) in [6, 6.07) is 23.7. The number of ether oxygens (including phenoxy) is 2. The third-order valence-electron chi connectivity index (χ3n) is 4.71. The summed E-state index contributed by atoms with van der Waals surface area (Å²) in [7, 11) is 1.25. The molecule has 0 aliphatic carbocycles. The Balaban J connectivity index is 1.91. The lowest BCUT2D eigenvalue weighted by atomic mass is 9.83. The molecule has 3 rings (SSSR count). The predicted molar refractivity (Wildman–Crippen MR) is 110 cm³/mol. The molecule has 6 heteroatoms. The average Bonchev–Trinajstić information content (AvgIpc) is 2.79. The number of alkyl carbamates (subject to hydrolysis) is 1. The Morgan fingerprint density at radius 3 is 2.07 bits per heavy atom. The fraction of sp³-hybridized carbons (Fsp3) is 0.167. The normalized spacial score (nSPS) is 12.5. The van der Waals surface area contributed by atoms with Gasteiger partial charge in [-0.25, -0.2) is 14.0 Å². The molecule has 1 N–H and O–H groups in total. The highest BCUT2D eigenvalue weighted by atomic mass is 19.1. The maximum atomic E-state index is 13.4. The van der Waals surface area contributed by atoms with E-state index in [4.69, 9.17) is 9.47 Å². The van der Waals surface area contributed by atoms with Crippen molar-refractivity contribution in [1.82, 2.24) is 5.32 Å². The lowest BCUT2D eigenvalue weighted by Crippen LogP contribution is -2.54. The molecule has 3 aromatic carbocycles. The number of esters is 1. The van der Waals surface area contributed by atoms with E-state index >= 15 is 0 Å². The summed E-state index contributed by atoms with van der Waals surface area (Å²) in [5, 5.41) is 2.70. The molecule has 0 aliphatic heterocycles. The highest BCUT2D eigenvalue weighted by Gasteiger charge is 2.43. The van der Waals surface area contributed by atoms with Gasteiger partial charge in [-0.1, -0.05) is 72.8 Å². The van der Waals surface area contributed by atoms with E-state index in [0.29, 0.717) is 11.1 Å². The first-order chi connectivity index (χ1) is 14.5. The molecule has 0 heterocycles. The van der Waals surface area contributed by atoms with E-state index in [2.05, 4.69) is 5.32 Å². The summed E-state index contributed by atoms with van der Waals surface area (Å²) in [5.74, 6) is -1.05. The van der Waals surface area contributed by atoms with Gasteiger partial charge in [-0.2, -0.15) is 0 Å². The van der Waals surface area contributed by atoms with Crippen molar-refractivity contribution in [3.8, 4) is 0 Å². The Morgan fingerprint density at radius 2 is 1.47 bits per heavy atom. The predicted octanol–water partition coefficient (Wildman–Crippen LogP) is 4.36. The smallest absolute Gasteiger partial charge is 0.408 e. The maximum absolute atomic E-state index is 13.4. The maximum Gasteiger partial charge on any atom is 0.408 e. The highest BCUT2D eigenvalue weighted by Crippen LogP contribution is 2.28. The molecule has 0 unspecified atom stereocenters. The third kappa shape index (κ3) is 5.03. The molecule has 0 radical (unpaired) electrons. The number of methoxy groups -OCH3 is 1. The Morgan fingerprint density at radius 1 is 0.867 bits per heavy atom. The van der Waals surface area contributed by atoms with Crippen molar-refractivity contribution >= 4 is 12.1 Å². The van der Waals surface area contributed by atoms with Gasteiger partial charge in [-0.15, -0.1) is 0 Å². The van der Waals surface area contributed by atoms with Crippen molar-refractivity contribution in [3.05, 3.63) is 107 Å². The van der Waals surface area contributed by atoms with Gasteiger partial charge in [-0.3, -0.25) is 0 Å². The van der Waals surface area contributed by atoms with Crippen LogP contribution in [0, 0.1) is 5.82 Å². The SMILES string of the molecule is COC(=O)[C@@](Cc1ccc(F)cc1)(NC(=O)OCc1ccccc1)c1ccccc1. The van der Waals surface area contributed by atoms with Crippen LogP contribution in [0.4, 0.5) is 9.18 Å². The van der Waals surface area contributed by atoms with Crippen LogP contribution < -0.4 is 5.32 Å². The van der Waals surface area contributed by atoms with Crippen molar-refractivity contribution in [2.24, 2.45) is 0 Å². The first-order valence-electron chi connectivity index (χ1n) is 9.41. The topological polar surface area (TPSA) is 64.6 Å². The lowest BCUT2D eigenvalue weighted by molar-refractivity contribution is -0.149. The summed E-state index contributed by atoms with van der Waals surface area (Å²) in [5.41, 5.74) is 0.447. The summed E-state index contributed by atoms with van der Waals surface area (Å²) in [6.07, 6.45) is -0.708. The van der Waals surface area contributed by atoms with Crippen LogP contribution in [-0.4, -0.2) is 19.2 Å². The third-order valence-corrected chi connectivity index (χ3v) is 4.71. The number of carbonyl (C=O) groups is 2. The molecule has 0 spiro atoms. The van der Waals surface area contributed by atoms with E-state index in [1.807, 2.05) is 30.3 Å². The van der Waals surface area contributed by atoms with Crippen LogP contribution in [-0.2, 0) is 32.8 Å². The first kappa shape index (κ1) is 21.0. The first-order valence-corrected chi connectivity index (χ1v) is 9.41. The van der Waals surface area contributed by atoms with Crippen LogP contribution in [0.15, 0.2) is 84.9 Å². The van der Waals surface area contributed by atoms with Crippen molar-refractivity contribution in [2.75, 3.05) is 7.11 Å². The molecular weight excluding hydrogens is 385 g/mol. The Hall–Kier alpha value is -3.67. The number of rotatable bonds is 7. The van der Waals surface area contributed by atoms with Gasteiger partial charge in [-0.05, 0) is 28.8 Å². The van der Waals surface area contributed by atoms with Crippen molar-refractivity contribution in [3.63, 3.8) is 0 Å². The molecule has 30 heavy (non-hydrogen) atoms. The summed E-state index contributed by atoms with van der Waals surface area (Å²) in [4.78, 5) is 25.6. The quantitative estimate of drug-likeness (QED) is 0.591. The van der Waals surface area contributed by atoms with Crippen molar-refractivity contribution in [2.45, 2.75) is 18.6 Å². The molecule has 0 saturated carbocycles. The second-order valence-electron chi connectivity index (χ2n) is 6.75. The van der Waals surface area contributed by atoms with Crippen LogP contribution in [0.1, 0.15) is 16.7 Å². The number of benzene rings is 3. The Kier molecular flexibility index (Phi) is 6.80. The van der Waals surface area contributed by atoms with E-state index in [1.54, 1.807) is 42.5 Å². The van der Waals surface area contributed by atoms with E-state index < -0.39 is 23.4 Å². The standard InChI is InChI=1S/C24H22FNO4/c1-29-22(27)24(20-10-6-3-7-11-20,16-18-12-14-21(25)15-13-18)26-23(28)30-17-19-8-4-2-5-9-19/h2-15H,16-17H2,1H3,(H,26,28)/t24-/m0/s1. The Bertz CT molecular complexity index is 977. The van der Waals surface area contributed by atoms with Gasteiger partial charge < -0.3 is 14.8 Å². The molecule has 5 nitrogen and oxygen atoms in total. The van der Waals surface area contributed by atoms with Gasteiger partial charge in [0.05, 0.1) is 7.11 Å². The molecular formula is C24H22FNO4. The van der Waals surface area contributed by atoms with E-state index in [-0.39, 0.29) is 13.0 Å². The van der Waals surface area contributed by atoms with Gasteiger partial charge in [0, 0.05) is 6.42 Å². The molecule has 0 aromatic heterocycles. The number of hydrogen-bond acceptors (Lipinski definition) is 4. The molecule has 0 saturated heterocycles. The van der Waals surface area contributed by atoms with Gasteiger partial charge in [0.25, 0.3) is 0 Å². The number of nitrogens with one attached hydrogen (secondary N) is 1. The molecule has 0 fully saturated rings. The van der Waals surface area contributed by atoms with Crippen LogP contribution >= 0.6 is 0 Å². The summed E-state index contributed by atoms with van der Waals surface area (Å²) in [6.45, 7) is 0.0509. The fourth-order valence-corrected chi connectivity index (χ4v) is 3.20. The average molecular weight is 407 g/mol. The highest BCUT2D eigenvalue weighted by molar-refractivity contribution is 5.87. The number of amides is 1. The zero-order valence-corrected chi connectivity index (χ0v) is 16.5. The van der Waals surface area contributed by atoms with Gasteiger partial charge >= 0.3 is 12.1 Å². The Labute approximate surface area is 174 Å². The zero-order valence-electron chi connectivity index (χ0n) is 16.5. The summed E-state index contributed by atoms with van der Waals surface area (Å²) >= 11 is 0. The fourth-order valence-electron chi connectivity index (χ4n) is 3.20. The van der Waals surface area contributed by atoms with Crippen molar-refractivity contribution < 1.29 is 23.5 Å². The van der Waals surface area contributed by atoms with Crippen LogP contribution in [0.5, 0.6) is 0 Å². The summed E-state index contributed by atoms with van der Waals surface area (Å²) < 4.78 is 23.7. The molecule has 1 amide bonds. The number of hydrogen-bond donors (Lipinski definition) is 1. The minimum absolute atomic E-state index is 0.0509. The minimum atomic E-state index is -1.54. The largest absolute Gasteiger partial charge is 0.467 e. The van der Waals surface area contributed by atoms with E-state index in [0.717, 1.165) is 5.56 Å². The number of halogens is 1. The van der Waals surface area contributed by atoms with Gasteiger partial charge in [0.1, 0.15) is 12.4 Å². The zero-order chi connectivity index (χ0) is 21.4. The van der Waals surface area contributed by atoms with Crippen LogP contribution in [0.25, 0.3) is 0 Å². The monoisotopic (exact) mass is 407 g/mol. The molecule has 1 atom stereocenters. The minimum Gasteiger partial charge on any atom is -0.467 e. The molecule has 154 valence electrons. The van der Waals surface area contributed by atoms with Gasteiger partial charge in [0.15, 0.2) is 5.54 Å². The molecule has 0 bridgehead atoms. The lowest BCUT2D eigenvalue weighted by Gasteiger charge is -2.32. The molecule has 0 aliphatic rings. The van der Waals surface area contributed by atoms with E-state index in [9.17, 15) is 14.0 Å².